The van der Waals surface area contributed by atoms with Crippen LogP contribution >= 0.6 is 15.9 Å². The van der Waals surface area contributed by atoms with Crippen molar-refractivity contribution in [3.8, 4) is 0 Å². The molecule has 3 aromatic carbocycles. The van der Waals surface area contributed by atoms with Gasteiger partial charge in [0.15, 0.2) is 0 Å². The topological polar surface area (TPSA) is 66.5 Å². The van der Waals surface area contributed by atoms with E-state index in [2.05, 4.69) is 21.2 Å². The fourth-order valence-corrected chi connectivity index (χ4v) is 3.84. The molecule has 0 aromatic heterocycles. The van der Waals surface area contributed by atoms with Gasteiger partial charge in [0.25, 0.3) is 11.8 Å². The summed E-state index contributed by atoms with van der Waals surface area (Å²) in [6.45, 7) is 0. The van der Waals surface area contributed by atoms with Gasteiger partial charge in [-0.3, -0.25) is 14.9 Å². The van der Waals surface area contributed by atoms with Crippen molar-refractivity contribution in [1.82, 2.24) is 5.32 Å². The number of urea groups is 1. The molecule has 1 heterocycles. The molecule has 0 atom stereocenters. The van der Waals surface area contributed by atoms with Crippen LogP contribution in [0, 0.1) is 5.82 Å². The summed E-state index contributed by atoms with van der Waals surface area (Å²) < 4.78 is 14.2. The third kappa shape index (κ3) is 4.46. The summed E-state index contributed by atoms with van der Waals surface area (Å²) in [5.41, 5.74) is 2.58. The van der Waals surface area contributed by atoms with Crippen LogP contribution in [0.3, 0.4) is 0 Å². The number of benzene rings is 3. The van der Waals surface area contributed by atoms with Crippen molar-refractivity contribution < 1.29 is 18.8 Å². The summed E-state index contributed by atoms with van der Waals surface area (Å²) in [5, 5.41) is 2.20. The summed E-state index contributed by atoms with van der Waals surface area (Å²) in [4.78, 5) is 38.4. The van der Waals surface area contributed by atoms with Crippen LogP contribution in [0.5, 0.6) is 0 Å². The van der Waals surface area contributed by atoms with Crippen molar-refractivity contribution >= 4 is 45.5 Å². The van der Waals surface area contributed by atoms with E-state index in [1.54, 1.807) is 48.5 Å². The number of para-hydroxylation sites is 1. The minimum absolute atomic E-state index is 0.145. The van der Waals surface area contributed by atoms with E-state index in [1.807, 2.05) is 12.1 Å². The Bertz CT molecular complexity index is 1220. The Hall–Kier alpha value is -3.58. The molecule has 0 aliphatic carbocycles. The molecule has 1 fully saturated rings. The summed E-state index contributed by atoms with van der Waals surface area (Å²) >= 11 is 3.50. The second-order valence-corrected chi connectivity index (χ2v) is 7.81. The van der Waals surface area contributed by atoms with E-state index in [0.29, 0.717) is 17.7 Å². The van der Waals surface area contributed by atoms with E-state index in [0.717, 1.165) is 20.5 Å². The Morgan fingerprint density at radius 2 is 1.71 bits per heavy atom. The highest BCUT2D eigenvalue weighted by Gasteiger charge is 2.36. The van der Waals surface area contributed by atoms with E-state index in [4.69, 9.17) is 0 Å². The van der Waals surface area contributed by atoms with E-state index >= 15 is 0 Å². The number of halogens is 2. The lowest BCUT2D eigenvalue weighted by Crippen LogP contribution is -2.54. The van der Waals surface area contributed by atoms with Crippen LogP contribution in [0.25, 0.3) is 6.08 Å². The van der Waals surface area contributed by atoms with Crippen LogP contribution in [0.4, 0.5) is 14.9 Å². The molecule has 0 unspecified atom stereocenters. The number of amides is 4. The number of carbonyl (C=O) groups excluding carboxylic acids is 3. The highest BCUT2D eigenvalue weighted by Crippen LogP contribution is 2.25. The second-order valence-electron chi connectivity index (χ2n) is 6.95. The summed E-state index contributed by atoms with van der Waals surface area (Å²) in [6, 6.07) is 19.3. The first-order chi connectivity index (χ1) is 14.9. The Kier molecular flexibility index (Phi) is 5.77. The lowest BCUT2D eigenvalue weighted by atomic mass is 10.0. The van der Waals surface area contributed by atoms with Gasteiger partial charge in [0.1, 0.15) is 11.4 Å². The number of carbonyl (C=O) groups is 3. The molecule has 4 rings (SSSR count). The molecule has 154 valence electrons. The first-order valence-electron chi connectivity index (χ1n) is 9.42. The summed E-state index contributed by atoms with van der Waals surface area (Å²) in [5.74, 6) is -1.74. The van der Waals surface area contributed by atoms with Crippen LogP contribution < -0.4 is 10.2 Å². The average Bonchev–Trinajstić information content (AvgIpc) is 2.74. The SMILES string of the molecule is O=C1NC(=O)N(c2ccccc2)C(=O)/C1=C/c1ccc(Cc2cccc(F)c2)c(Br)c1. The third-order valence-corrected chi connectivity index (χ3v) is 5.53. The van der Waals surface area contributed by atoms with Gasteiger partial charge in [-0.2, -0.15) is 0 Å². The van der Waals surface area contributed by atoms with Crippen molar-refractivity contribution in [2.45, 2.75) is 6.42 Å². The highest BCUT2D eigenvalue weighted by molar-refractivity contribution is 9.10. The molecule has 1 aliphatic heterocycles. The Morgan fingerprint density at radius 1 is 0.935 bits per heavy atom. The van der Waals surface area contributed by atoms with Crippen molar-refractivity contribution in [3.63, 3.8) is 0 Å². The zero-order valence-electron chi connectivity index (χ0n) is 16.1. The monoisotopic (exact) mass is 478 g/mol. The van der Waals surface area contributed by atoms with Gasteiger partial charge in [-0.1, -0.05) is 58.4 Å². The molecule has 3 aromatic rings. The molecule has 0 saturated carbocycles. The number of anilines is 1. The first-order valence-corrected chi connectivity index (χ1v) is 10.2. The zero-order valence-corrected chi connectivity index (χ0v) is 17.7. The summed E-state index contributed by atoms with van der Waals surface area (Å²) in [7, 11) is 0. The minimum atomic E-state index is -0.787. The van der Waals surface area contributed by atoms with Crippen LogP contribution in [-0.4, -0.2) is 17.8 Å². The van der Waals surface area contributed by atoms with E-state index in [9.17, 15) is 18.8 Å². The van der Waals surface area contributed by atoms with Crippen molar-refractivity contribution in [1.29, 1.82) is 0 Å². The van der Waals surface area contributed by atoms with E-state index < -0.39 is 17.8 Å². The Morgan fingerprint density at radius 3 is 2.42 bits per heavy atom. The van der Waals surface area contributed by atoms with Crippen LogP contribution in [-0.2, 0) is 16.0 Å². The quantitative estimate of drug-likeness (QED) is 0.430. The molecule has 0 radical (unpaired) electrons. The van der Waals surface area contributed by atoms with E-state index in [1.165, 1.54) is 18.2 Å². The van der Waals surface area contributed by atoms with Crippen LogP contribution in [0.1, 0.15) is 16.7 Å². The van der Waals surface area contributed by atoms with Gasteiger partial charge in [0.2, 0.25) is 0 Å². The molecule has 31 heavy (non-hydrogen) atoms. The number of barbiturate groups is 1. The minimum Gasteiger partial charge on any atom is -0.273 e. The molecule has 0 bridgehead atoms. The predicted octanol–water partition coefficient (Wildman–Crippen LogP) is 4.85. The Balaban J connectivity index is 1.62. The standard InChI is InChI=1S/C24H16BrFN2O3/c25-21-14-16(9-10-17(21)11-15-5-4-6-18(26)12-15)13-20-22(29)27-24(31)28(23(20)30)19-7-2-1-3-8-19/h1-10,12-14H,11H2,(H,27,29,31)/b20-13+. The fraction of sp³-hybridized carbons (Fsp3) is 0.0417. The molecular formula is C24H16BrFN2O3. The molecule has 0 spiro atoms. The van der Waals surface area contributed by atoms with Gasteiger partial charge in [-0.15, -0.1) is 0 Å². The van der Waals surface area contributed by atoms with E-state index in [-0.39, 0.29) is 11.4 Å². The molecular weight excluding hydrogens is 463 g/mol. The molecule has 1 N–H and O–H groups in total. The number of nitrogens with one attached hydrogen (secondary N) is 1. The molecule has 1 aliphatic rings. The van der Waals surface area contributed by atoms with Crippen molar-refractivity contribution in [2.24, 2.45) is 0 Å². The van der Waals surface area contributed by atoms with Gasteiger partial charge in [0, 0.05) is 4.47 Å². The number of nitrogens with zero attached hydrogens (tertiary/aromatic N) is 1. The highest BCUT2D eigenvalue weighted by atomic mass is 79.9. The summed E-state index contributed by atoms with van der Waals surface area (Å²) in [6.07, 6.45) is 1.96. The number of hydrogen-bond acceptors (Lipinski definition) is 3. The lowest BCUT2D eigenvalue weighted by Gasteiger charge is -2.26. The van der Waals surface area contributed by atoms with Crippen LogP contribution in [0.15, 0.2) is 82.8 Å². The maximum Gasteiger partial charge on any atom is 0.335 e. The first kappa shape index (κ1) is 20.7. The van der Waals surface area contributed by atoms with Crippen molar-refractivity contribution in [3.05, 3.63) is 105 Å². The maximum absolute atomic E-state index is 13.4. The van der Waals surface area contributed by atoms with Gasteiger partial charge >= 0.3 is 6.03 Å². The molecule has 5 nitrogen and oxygen atoms in total. The van der Waals surface area contributed by atoms with Gasteiger partial charge in [-0.25, -0.2) is 14.1 Å². The molecule has 4 amide bonds. The van der Waals surface area contributed by atoms with Gasteiger partial charge < -0.3 is 0 Å². The average molecular weight is 479 g/mol. The third-order valence-electron chi connectivity index (χ3n) is 4.79. The predicted molar refractivity (Wildman–Crippen MR) is 119 cm³/mol. The van der Waals surface area contributed by atoms with Gasteiger partial charge in [-0.05, 0) is 59.5 Å². The number of hydrogen-bond donors (Lipinski definition) is 1. The van der Waals surface area contributed by atoms with Gasteiger partial charge in [0.05, 0.1) is 5.69 Å². The zero-order chi connectivity index (χ0) is 22.0. The maximum atomic E-state index is 13.4. The number of imide groups is 2. The molecule has 1 saturated heterocycles. The second kappa shape index (κ2) is 8.65. The lowest BCUT2D eigenvalue weighted by molar-refractivity contribution is -0.122. The smallest absolute Gasteiger partial charge is 0.273 e. The molecule has 7 heteroatoms. The fourth-order valence-electron chi connectivity index (χ4n) is 3.30. The largest absolute Gasteiger partial charge is 0.335 e. The Labute approximate surface area is 186 Å². The number of rotatable bonds is 4. The normalized spacial score (nSPS) is 15.4. The van der Waals surface area contributed by atoms with Crippen molar-refractivity contribution in [2.75, 3.05) is 4.90 Å². The van der Waals surface area contributed by atoms with Crippen LogP contribution in [0.2, 0.25) is 0 Å².